The number of benzene rings is 1. The minimum absolute atomic E-state index is 0.169. The van der Waals surface area contributed by atoms with Crippen LogP contribution in [0.5, 0.6) is 11.5 Å². The first-order valence-electron chi connectivity index (χ1n) is 7.57. The van der Waals surface area contributed by atoms with Crippen molar-refractivity contribution in [2.45, 2.75) is 12.8 Å². The Morgan fingerprint density at radius 1 is 1.04 bits per heavy atom. The second kappa shape index (κ2) is 8.86. The summed E-state index contributed by atoms with van der Waals surface area (Å²) in [6.07, 6.45) is -0.447. The van der Waals surface area contributed by atoms with E-state index in [2.05, 4.69) is 10.6 Å². The Hall–Kier alpha value is -3.07. The summed E-state index contributed by atoms with van der Waals surface area (Å²) in [6.45, 7) is 0. The number of ether oxygens (including phenoxy) is 2. The van der Waals surface area contributed by atoms with E-state index in [4.69, 9.17) is 14.6 Å². The number of rotatable bonds is 8. The van der Waals surface area contributed by atoms with Crippen LogP contribution in [-0.2, 0) is 9.59 Å². The van der Waals surface area contributed by atoms with E-state index in [1.807, 2.05) is 0 Å². The molecule has 0 radical (unpaired) electrons. The Morgan fingerprint density at radius 3 is 2.15 bits per heavy atom. The second-order valence-electron chi connectivity index (χ2n) is 5.13. The van der Waals surface area contributed by atoms with E-state index >= 15 is 0 Å². The van der Waals surface area contributed by atoms with Gasteiger partial charge in [0.1, 0.15) is 11.5 Å². The predicted molar refractivity (Wildman–Crippen MR) is 97.3 cm³/mol. The fourth-order valence-corrected chi connectivity index (χ4v) is 2.74. The maximum atomic E-state index is 12.2. The van der Waals surface area contributed by atoms with E-state index in [0.29, 0.717) is 27.8 Å². The number of anilines is 2. The largest absolute Gasteiger partial charge is 0.494 e. The number of nitrogens with one attached hydrogen (secondary N) is 2. The first kappa shape index (κ1) is 19.3. The van der Waals surface area contributed by atoms with E-state index in [9.17, 15) is 14.4 Å². The number of hydrogen-bond donors (Lipinski definition) is 3. The van der Waals surface area contributed by atoms with Gasteiger partial charge in [0.15, 0.2) is 0 Å². The quantitative estimate of drug-likeness (QED) is 0.651. The molecule has 0 saturated carbocycles. The highest BCUT2D eigenvalue weighted by Gasteiger charge is 2.16. The molecule has 0 aliphatic rings. The lowest BCUT2D eigenvalue weighted by Crippen LogP contribution is -2.15. The van der Waals surface area contributed by atoms with Crippen LogP contribution in [0.25, 0.3) is 0 Å². The lowest BCUT2D eigenvalue weighted by Gasteiger charge is -2.16. The van der Waals surface area contributed by atoms with Crippen molar-refractivity contribution in [1.29, 1.82) is 0 Å². The van der Waals surface area contributed by atoms with Gasteiger partial charge < -0.3 is 25.2 Å². The van der Waals surface area contributed by atoms with Gasteiger partial charge in [-0.3, -0.25) is 14.4 Å². The van der Waals surface area contributed by atoms with Gasteiger partial charge >= 0.3 is 5.97 Å². The van der Waals surface area contributed by atoms with Gasteiger partial charge in [0, 0.05) is 18.6 Å². The van der Waals surface area contributed by atoms with Crippen LogP contribution >= 0.6 is 11.3 Å². The third kappa shape index (κ3) is 4.96. The number of amides is 2. The molecule has 0 fully saturated rings. The zero-order valence-corrected chi connectivity index (χ0v) is 15.0. The second-order valence-corrected chi connectivity index (χ2v) is 6.07. The molecule has 1 aromatic carbocycles. The van der Waals surface area contributed by atoms with Crippen LogP contribution in [0, 0.1) is 0 Å². The molecular formula is C17H18N2O6S. The third-order valence-corrected chi connectivity index (χ3v) is 4.22. The van der Waals surface area contributed by atoms with Gasteiger partial charge in [-0.05, 0) is 11.4 Å². The Morgan fingerprint density at radius 2 is 1.65 bits per heavy atom. The molecule has 138 valence electrons. The van der Waals surface area contributed by atoms with Crippen molar-refractivity contribution in [1.82, 2.24) is 0 Å². The third-order valence-electron chi connectivity index (χ3n) is 3.35. The molecule has 0 bridgehead atoms. The summed E-state index contributed by atoms with van der Waals surface area (Å²) in [7, 11) is 2.85. The number of thiophene rings is 1. The molecule has 0 aliphatic carbocycles. The summed E-state index contributed by atoms with van der Waals surface area (Å²) in [6, 6.07) is 6.49. The van der Waals surface area contributed by atoms with Gasteiger partial charge in [0.05, 0.1) is 36.9 Å². The van der Waals surface area contributed by atoms with Crippen LogP contribution in [0.2, 0.25) is 0 Å². The predicted octanol–water partition coefficient (Wildman–Crippen LogP) is 2.82. The molecule has 8 nitrogen and oxygen atoms in total. The van der Waals surface area contributed by atoms with Crippen LogP contribution in [0.15, 0.2) is 29.6 Å². The van der Waals surface area contributed by atoms with Crippen molar-refractivity contribution < 1.29 is 29.0 Å². The van der Waals surface area contributed by atoms with Crippen LogP contribution in [0.1, 0.15) is 22.5 Å². The van der Waals surface area contributed by atoms with Crippen LogP contribution in [0.4, 0.5) is 11.4 Å². The van der Waals surface area contributed by atoms with Gasteiger partial charge in [0.25, 0.3) is 5.91 Å². The molecule has 2 rings (SSSR count). The van der Waals surface area contributed by atoms with Crippen molar-refractivity contribution in [3.05, 3.63) is 34.5 Å². The number of carboxylic acid groups (broad SMARTS) is 1. The Labute approximate surface area is 153 Å². The number of aliphatic carboxylic acids is 1. The normalized spacial score (nSPS) is 10.1. The standard InChI is InChI=1S/C17H18N2O6S/c1-24-12-9-11(19-17(23)14-4-3-7-26-14)13(25-2)8-10(12)18-15(20)5-6-16(21)22/h3-4,7-9H,5-6H2,1-2H3,(H,18,20)(H,19,23)(H,21,22). The monoisotopic (exact) mass is 378 g/mol. The van der Waals surface area contributed by atoms with E-state index in [1.165, 1.54) is 37.7 Å². The maximum Gasteiger partial charge on any atom is 0.303 e. The highest BCUT2D eigenvalue weighted by molar-refractivity contribution is 7.12. The van der Waals surface area contributed by atoms with Crippen molar-refractivity contribution in [2.75, 3.05) is 24.9 Å². The van der Waals surface area contributed by atoms with E-state index in [1.54, 1.807) is 17.5 Å². The first-order chi connectivity index (χ1) is 12.4. The van der Waals surface area contributed by atoms with Crippen molar-refractivity contribution in [3.63, 3.8) is 0 Å². The van der Waals surface area contributed by atoms with E-state index in [0.717, 1.165) is 0 Å². The molecule has 1 aromatic heterocycles. The lowest BCUT2D eigenvalue weighted by atomic mass is 10.2. The molecular weight excluding hydrogens is 360 g/mol. The summed E-state index contributed by atoms with van der Waals surface area (Å²) < 4.78 is 10.5. The molecule has 2 aromatic rings. The fraction of sp³-hybridized carbons (Fsp3) is 0.235. The molecule has 2 amide bonds. The average molecular weight is 378 g/mol. The molecule has 1 heterocycles. The minimum atomic E-state index is -1.06. The summed E-state index contributed by atoms with van der Waals surface area (Å²) >= 11 is 1.30. The van der Waals surface area contributed by atoms with E-state index in [-0.39, 0.29) is 18.7 Å². The summed E-state index contributed by atoms with van der Waals surface area (Å²) in [4.78, 5) is 35.2. The number of carbonyl (C=O) groups is 3. The maximum absolute atomic E-state index is 12.2. The lowest BCUT2D eigenvalue weighted by molar-refractivity contribution is -0.138. The van der Waals surface area contributed by atoms with Crippen molar-refractivity contribution >= 4 is 40.5 Å². The fourth-order valence-electron chi connectivity index (χ4n) is 2.12. The zero-order chi connectivity index (χ0) is 19.1. The summed E-state index contributed by atoms with van der Waals surface area (Å²) in [5.74, 6) is -1.20. The Bertz CT molecular complexity index is 804. The Balaban J connectivity index is 2.22. The van der Waals surface area contributed by atoms with Crippen LogP contribution < -0.4 is 20.1 Å². The molecule has 26 heavy (non-hydrogen) atoms. The molecule has 0 saturated heterocycles. The van der Waals surface area contributed by atoms with E-state index < -0.39 is 11.9 Å². The molecule has 9 heteroatoms. The molecule has 0 atom stereocenters. The topological polar surface area (TPSA) is 114 Å². The average Bonchev–Trinajstić information content (AvgIpc) is 3.15. The smallest absolute Gasteiger partial charge is 0.303 e. The van der Waals surface area contributed by atoms with Gasteiger partial charge in [0.2, 0.25) is 5.91 Å². The minimum Gasteiger partial charge on any atom is -0.494 e. The number of hydrogen-bond acceptors (Lipinski definition) is 6. The number of carboxylic acids is 1. The summed E-state index contributed by atoms with van der Waals surface area (Å²) in [5.41, 5.74) is 0.695. The molecule has 0 unspecified atom stereocenters. The number of carbonyl (C=O) groups excluding carboxylic acids is 2. The number of methoxy groups -OCH3 is 2. The van der Waals surface area contributed by atoms with Crippen LogP contribution in [0.3, 0.4) is 0 Å². The zero-order valence-electron chi connectivity index (χ0n) is 14.2. The highest BCUT2D eigenvalue weighted by Crippen LogP contribution is 2.36. The summed E-state index contributed by atoms with van der Waals surface area (Å²) in [5, 5.41) is 15.8. The van der Waals surface area contributed by atoms with Crippen molar-refractivity contribution in [2.24, 2.45) is 0 Å². The van der Waals surface area contributed by atoms with Crippen molar-refractivity contribution in [3.8, 4) is 11.5 Å². The first-order valence-corrected chi connectivity index (χ1v) is 8.45. The van der Waals surface area contributed by atoms with Gasteiger partial charge in [-0.2, -0.15) is 0 Å². The molecule has 0 aliphatic heterocycles. The SMILES string of the molecule is COc1cc(NC(=O)c2cccs2)c(OC)cc1NC(=O)CCC(=O)O. The van der Waals surface area contributed by atoms with Gasteiger partial charge in [-0.25, -0.2) is 0 Å². The van der Waals surface area contributed by atoms with Gasteiger partial charge in [-0.1, -0.05) is 6.07 Å². The molecule has 3 N–H and O–H groups in total. The molecule has 0 spiro atoms. The van der Waals surface area contributed by atoms with Crippen LogP contribution in [-0.4, -0.2) is 37.1 Å². The highest BCUT2D eigenvalue weighted by atomic mass is 32.1. The van der Waals surface area contributed by atoms with Gasteiger partial charge in [-0.15, -0.1) is 11.3 Å². The Kier molecular flexibility index (Phi) is 6.56.